The molecule has 1 aliphatic carbocycles. The first kappa shape index (κ1) is 17.6. The molecule has 0 saturated heterocycles. The van der Waals surface area contributed by atoms with Gasteiger partial charge in [0.2, 0.25) is 11.8 Å². The van der Waals surface area contributed by atoms with E-state index in [2.05, 4.69) is 11.4 Å². The Morgan fingerprint density at radius 2 is 1.96 bits per heavy atom. The molecule has 1 fully saturated rings. The van der Waals surface area contributed by atoms with Crippen LogP contribution in [-0.2, 0) is 22.6 Å². The lowest BCUT2D eigenvalue weighted by Crippen LogP contribution is -2.47. The van der Waals surface area contributed by atoms with Gasteiger partial charge in [0.1, 0.15) is 11.8 Å². The molecule has 0 aromatic heterocycles. The first-order chi connectivity index (χ1) is 13.2. The summed E-state index contributed by atoms with van der Waals surface area (Å²) in [6.07, 6.45) is 2.68. The predicted octanol–water partition coefficient (Wildman–Crippen LogP) is 2.85. The average Bonchev–Trinajstić information content (AvgIpc) is 3.56. The minimum Gasteiger partial charge on any atom is -0.497 e. The van der Waals surface area contributed by atoms with E-state index >= 15 is 0 Å². The first-order valence-electron chi connectivity index (χ1n) is 9.46. The van der Waals surface area contributed by atoms with Crippen LogP contribution in [0.15, 0.2) is 48.5 Å². The normalized spacial score (nSPS) is 18.6. The zero-order chi connectivity index (χ0) is 18.8. The molecule has 1 atom stereocenters. The van der Waals surface area contributed by atoms with E-state index in [1.54, 1.807) is 12.0 Å². The van der Waals surface area contributed by atoms with Crippen molar-refractivity contribution in [3.8, 4) is 5.75 Å². The van der Waals surface area contributed by atoms with Gasteiger partial charge in [-0.3, -0.25) is 9.59 Å². The van der Waals surface area contributed by atoms with Crippen LogP contribution in [0, 0.1) is 5.92 Å². The molecule has 1 N–H and O–H groups in total. The Kier molecular flexibility index (Phi) is 4.84. The van der Waals surface area contributed by atoms with Crippen LogP contribution in [0.25, 0.3) is 0 Å². The highest BCUT2D eigenvalue weighted by Crippen LogP contribution is 2.37. The molecule has 0 bridgehead atoms. The number of hydrogen-bond donors (Lipinski definition) is 1. The summed E-state index contributed by atoms with van der Waals surface area (Å²) in [6, 6.07) is 15.0. The maximum Gasteiger partial charge on any atom is 0.247 e. The lowest BCUT2D eigenvalue weighted by atomic mass is 9.91. The highest BCUT2D eigenvalue weighted by molar-refractivity contribution is 5.91. The summed E-state index contributed by atoms with van der Waals surface area (Å²) < 4.78 is 5.24. The SMILES string of the molecule is COc1cccc(CNC(=O)[C@@H]2c3ccccc3CCN2C(=O)C2CC2)c1. The number of rotatable bonds is 5. The fourth-order valence-corrected chi connectivity index (χ4v) is 3.72. The van der Waals surface area contributed by atoms with Crippen LogP contribution in [0.2, 0.25) is 0 Å². The summed E-state index contributed by atoms with van der Waals surface area (Å²) in [4.78, 5) is 27.7. The topological polar surface area (TPSA) is 58.6 Å². The maximum atomic E-state index is 13.1. The van der Waals surface area contributed by atoms with E-state index < -0.39 is 6.04 Å². The molecule has 5 heteroatoms. The number of amides is 2. The Balaban J connectivity index is 1.55. The van der Waals surface area contributed by atoms with E-state index in [1.165, 1.54) is 0 Å². The molecule has 27 heavy (non-hydrogen) atoms. The molecule has 1 aliphatic heterocycles. The van der Waals surface area contributed by atoms with E-state index in [0.717, 1.165) is 41.7 Å². The van der Waals surface area contributed by atoms with Crippen molar-refractivity contribution >= 4 is 11.8 Å². The van der Waals surface area contributed by atoms with Gasteiger partial charge < -0.3 is 15.0 Å². The zero-order valence-electron chi connectivity index (χ0n) is 15.5. The van der Waals surface area contributed by atoms with Crippen molar-refractivity contribution in [2.24, 2.45) is 5.92 Å². The van der Waals surface area contributed by atoms with Gasteiger partial charge in [-0.2, -0.15) is 0 Å². The molecular formula is C22H24N2O3. The maximum absolute atomic E-state index is 13.1. The largest absolute Gasteiger partial charge is 0.497 e. The van der Waals surface area contributed by atoms with Crippen molar-refractivity contribution in [3.05, 3.63) is 65.2 Å². The Morgan fingerprint density at radius 1 is 1.15 bits per heavy atom. The van der Waals surface area contributed by atoms with Crippen molar-refractivity contribution in [1.82, 2.24) is 10.2 Å². The van der Waals surface area contributed by atoms with Gasteiger partial charge in [0.05, 0.1) is 7.11 Å². The number of carbonyl (C=O) groups is 2. The number of hydrogen-bond acceptors (Lipinski definition) is 3. The quantitative estimate of drug-likeness (QED) is 0.888. The van der Waals surface area contributed by atoms with Crippen molar-refractivity contribution in [3.63, 3.8) is 0 Å². The van der Waals surface area contributed by atoms with Gasteiger partial charge in [0, 0.05) is 19.0 Å². The van der Waals surface area contributed by atoms with Gasteiger partial charge in [-0.05, 0) is 48.1 Å². The number of methoxy groups -OCH3 is 1. The van der Waals surface area contributed by atoms with Crippen LogP contribution in [0.3, 0.4) is 0 Å². The van der Waals surface area contributed by atoms with E-state index in [4.69, 9.17) is 4.74 Å². The van der Waals surface area contributed by atoms with Crippen molar-refractivity contribution in [2.45, 2.75) is 31.8 Å². The van der Waals surface area contributed by atoms with Gasteiger partial charge in [-0.1, -0.05) is 36.4 Å². The second-order valence-corrected chi connectivity index (χ2v) is 7.23. The Bertz CT molecular complexity index is 860. The van der Waals surface area contributed by atoms with Crippen LogP contribution in [0.4, 0.5) is 0 Å². The van der Waals surface area contributed by atoms with Crippen molar-refractivity contribution in [1.29, 1.82) is 0 Å². The highest BCUT2D eigenvalue weighted by Gasteiger charge is 2.41. The molecule has 2 aromatic carbocycles. The third-order valence-corrected chi connectivity index (χ3v) is 5.34. The molecule has 0 radical (unpaired) electrons. The predicted molar refractivity (Wildman–Crippen MR) is 102 cm³/mol. The number of nitrogens with one attached hydrogen (secondary N) is 1. The Morgan fingerprint density at radius 3 is 2.74 bits per heavy atom. The lowest BCUT2D eigenvalue weighted by Gasteiger charge is -2.36. The van der Waals surface area contributed by atoms with E-state index in [-0.39, 0.29) is 17.7 Å². The molecule has 4 rings (SSSR count). The molecule has 0 spiro atoms. The monoisotopic (exact) mass is 364 g/mol. The van der Waals surface area contributed by atoms with Crippen LogP contribution in [0.5, 0.6) is 5.75 Å². The molecule has 2 aliphatic rings. The van der Waals surface area contributed by atoms with Crippen LogP contribution >= 0.6 is 0 Å². The summed E-state index contributed by atoms with van der Waals surface area (Å²) in [5.74, 6) is 0.851. The second kappa shape index (κ2) is 7.43. The fourth-order valence-electron chi connectivity index (χ4n) is 3.72. The summed E-state index contributed by atoms with van der Waals surface area (Å²) in [6.45, 7) is 1.00. The smallest absolute Gasteiger partial charge is 0.247 e. The second-order valence-electron chi connectivity index (χ2n) is 7.23. The number of nitrogens with zero attached hydrogens (tertiary/aromatic N) is 1. The van der Waals surface area contributed by atoms with E-state index in [1.807, 2.05) is 42.5 Å². The molecule has 140 valence electrons. The highest BCUT2D eigenvalue weighted by atomic mass is 16.5. The summed E-state index contributed by atoms with van der Waals surface area (Å²) in [5.41, 5.74) is 3.06. The lowest BCUT2D eigenvalue weighted by molar-refractivity contribution is -0.142. The van der Waals surface area contributed by atoms with Crippen molar-refractivity contribution < 1.29 is 14.3 Å². The van der Waals surface area contributed by atoms with Gasteiger partial charge in [0.15, 0.2) is 0 Å². The van der Waals surface area contributed by atoms with Crippen LogP contribution in [0.1, 0.15) is 35.6 Å². The summed E-state index contributed by atoms with van der Waals surface area (Å²) in [5, 5.41) is 3.02. The van der Waals surface area contributed by atoms with E-state index in [9.17, 15) is 9.59 Å². The molecule has 2 aromatic rings. The minimum absolute atomic E-state index is 0.101. The van der Waals surface area contributed by atoms with Gasteiger partial charge in [-0.25, -0.2) is 0 Å². The third-order valence-electron chi connectivity index (χ3n) is 5.34. The van der Waals surface area contributed by atoms with Crippen LogP contribution < -0.4 is 10.1 Å². The number of fused-ring (bicyclic) bond motifs is 1. The molecule has 5 nitrogen and oxygen atoms in total. The molecular weight excluding hydrogens is 340 g/mol. The Labute approximate surface area is 159 Å². The van der Waals surface area contributed by atoms with Gasteiger partial charge in [-0.15, -0.1) is 0 Å². The van der Waals surface area contributed by atoms with Crippen molar-refractivity contribution in [2.75, 3.05) is 13.7 Å². The van der Waals surface area contributed by atoms with Crippen LogP contribution in [-0.4, -0.2) is 30.4 Å². The van der Waals surface area contributed by atoms with E-state index in [0.29, 0.717) is 13.1 Å². The number of ether oxygens (including phenoxy) is 1. The Hall–Kier alpha value is -2.82. The van der Waals surface area contributed by atoms with Gasteiger partial charge >= 0.3 is 0 Å². The third kappa shape index (κ3) is 3.68. The average molecular weight is 364 g/mol. The number of benzene rings is 2. The first-order valence-corrected chi connectivity index (χ1v) is 9.46. The molecule has 2 amide bonds. The number of carbonyl (C=O) groups excluding carboxylic acids is 2. The standard InChI is InChI=1S/C22H24N2O3/c1-27-18-7-4-5-15(13-18)14-23-21(25)20-19-8-3-2-6-16(19)11-12-24(20)22(26)17-9-10-17/h2-8,13,17,20H,9-12,14H2,1H3,(H,23,25)/t20-/m0/s1. The minimum atomic E-state index is -0.548. The molecule has 0 unspecified atom stereocenters. The molecule has 1 heterocycles. The fraction of sp³-hybridized carbons (Fsp3) is 0.364. The molecule has 1 saturated carbocycles. The summed E-state index contributed by atoms with van der Waals surface area (Å²) in [7, 11) is 1.62. The zero-order valence-corrected chi connectivity index (χ0v) is 15.5. The summed E-state index contributed by atoms with van der Waals surface area (Å²) >= 11 is 0. The van der Waals surface area contributed by atoms with Gasteiger partial charge in [0.25, 0.3) is 0 Å².